The molecule has 0 unspecified atom stereocenters. The maximum absolute atomic E-state index is 12.7. The maximum atomic E-state index is 12.7. The first-order valence-corrected chi connectivity index (χ1v) is 10.6. The number of carbonyl (C=O) groups excluding carboxylic acids is 1. The number of nitrogens with zero attached hydrogens (tertiary/aromatic N) is 2. The van der Waals surface area contributed by atoms with Gasteiger partial charge < -0.3 is 4.74 Å². The van der Waals surface area contributed by atoms with E-state index in [2.05, 4.69) is 15.2 Å². The van der Waals surface area contributed by atoms with Crippen molar-refractivity contribution in [1.82, 2.24) is 5.43 Å². The molecule has 0 saturated carbocycles. The third kappa shape index (κ3) is 5.46. The Morgan fingerprint density at radius 1 is 1.06 bits per heavy atom. The second kappa shape index (κ2) is 9.71. The second-order valence-electron chi connectivity index (χ2n) is 6.38. The molecule has 0 bridgehead atoms. The van der Waals surface area contributed by atoms with Crippen LogP contribution in [0.4, 0.5) is 11.4 Å². The molecule has 2 N–H and O–H groups in total. The Labute approximate surface area is 183 Å². The molecular weight excluding hydrogens is 436 g/mol. The predicted molar refractivity (Wildman–Crippen MR) is 118 cm³/mol. The van der Waals surface area contributed by atoms with Gasteiger partial charge in [-0.15, -0.1) is 0 Å². The van der Waals surface area contributed by atoms with Crippen LogP contribution < -0.4 is 14.9 Å². The Balaban J connectivity index is 1.73. The number of nitro benzene ring substituents is 1. The molecule has 0 aliphatic heterocycles. The van der Waals surface area contributed by atoms with Crippen LogP contribution in [0, 0.1) is 10.1 Å². The number of nitro groups is 1. The summed E-state index contributed by atoms with van der Waals surface area (Å²) in [7, 11) is -2.45. The zero-order chi connectivity index (χ0) is 23.1. The van der Waals surface area contributed by atoms with Crippen molar-refractivity contribution in [1.29, 1.82) is 0 Å². The number of benzene rings is 3. The number of hydrogen-bond donors (Lipinski definition) is 2. The Kier molecular flexibility index (Phi) is 6.80. The van der Waals surface area contributed by atoms with Crippen LogP contribution in [-0.2, 0) is 10.0 Å². The van der Waals surface area contributed by atoms with Gasteiger partial charge in [-0.3, -0.25) is 19.6 Å². The first-order chi connectivity index (χ1) is 15.3. The first-order valence-electron chi connectivity index (χ1n) is 9.14. The normalized spacial score (nSPS) is 11.2. The van der Waals surface area contributed by atoms with Gasteiger partial charge >= 0.3 is 0 Å². The highest BCUT2D eigenvalue weighted by molar-refractivity contribution is 7.92. The number of methoxy groups -OCH3 is 1. The average molecular weight is 454 g/mol. The van der Waals surface area contributed by atoms with Crippen LogP contribution in [0.2, 0.25) is 0 Å². The van der Waals surface area contributed by atoms with E-state index in [1.165, 1.54) is 49.6 Å². The summed E-state index contributed by atoms with van der Waals surface area (Å²) >= 11 is 0. The van der Waals surface area contributed by atoms with Crippen LogP contribution in [0.25, 0.3) is 0 Å². The molecule has 0 aliphatic rings. The quantitative estimate of drug-likeness (QED) is 0.304. The molecule has 0 aromatic heterocycles. The summed E-state index contributed by atoms with van der Waals surface area (Å²) in [5.74, 6) is -0.102. The average Bonchev–Trinajstić information content (AvgIpc) is 2.79. The Morgan fingerprint density at radius 3 is 2.47 bits per heavy atom. The zero-order valence-corrected chi connectivity index (χ0v) is 17.6. The minimum atomic E-state index is -3.95. The van der Waals surface area contributed by atoms with Crippen molar-refractivity contribution in [3.8, 4) is 5.75 Å². The highest BCUT2D eigenvalue weighted by Crippen LogP contribution is 2.20. The Bertz CT molecular complexity index is 1270. The summed E-state index contributed by atoms with van der Waals surface area (Å²) in [6, 6.07) is 17.6. The minimum Gasteiger partial charge on any atom is -0.497 e. The van der Waals surface area contributed by atoms with E-state index in [-0.39, 0.29) is 21.7 Å². The van der Waals surface area contributed by atoms with Gasteiger partial charge in [0.1, 0.15) is 5.75 Å². The van der Waals surface area contributed by atoms with E-state index in [1.807, 2.05) is 0 Å². The van der Waals surface area contributed by atoms with E-state index in [9.17, 15) is 23.3 Å². The number of ether oxygens (including phenoxy) is 1. The lowest BCUT2D eigenvalue weighted by Gasteiger charge is -2.09. The van der Waals surface area contributed by atoms with Crippen LogP contribution in [0.1, 0.15) is 15.9 Å². The summed E-state index contributed by atoms with van der Waals surface area (Å²) in [6.45, 7) is 0. The van der Waals surface area contributed by atoms with Crippen molar-refractivity contribution < 1.29 is 22.9 Å². The number of anilines is 1. The van der Waals surface area contributed by atoms with E-state index in [0.717, 1.165) is 6.21 Å². The van der Waals surface area contributed by atoms with E-state index in [1.54, 1.807) is 30.3 Å². The van der Waals surface area contributed by atoms with E-state index in [0.29, 0.717) is 11.4 Å². The van der Waals surface area contributed by atoms with Gasteiger partial charge in [0, 0.05) is 17.3 Å². The fourth-order valence-corrected chi connectivity index (χ4v) is 3.77. The standard InChI is InChI=1S/C21H18N4O6S/c1-31-18-11-9-17(10-12-18)24-32(29,30)19-7-4-6-15(13-19)21(26)23-22-14-16-5-2-3-8-20(16)25(27)28/h2-14,24H,1H3,(H,23,26). The van der Waals surface area contributed by atoms with Crippen molar-refractivity contribution in [2.45, 2.75) is 4.90 Å². The second-order valence-corrected chi connectivity index (χ2v) is 8.06. The number of sulfonamides is 1. The van der Waals surface area contributed by atoms with Gasteiger partial charge in [-0.2, -0.15) is 5.10 Å². The number of hydrazone groups is 1. The van der Waals surface area contributed by atoms with Crippen LogP contribution in [0.5, 0.6) is 5.75 Å². The summed E-state index contributed by atoms with van der Waals surface area (Å²) in [5, 5.41) is 14.8. The molecular formula is C21H18N4O6S. The van der Waals surface area contributed by atoms with Crippen molar-refractivity contribution in [3.05, 3.63) is 94.0 Å². The van der Waals surface area contributed by atoms with E-state index < -0.39 is 20.9 Å². The fourth-order valence-electron chi connectivity index (χ4n) is 2.67. The number of nitrogens with one attached hydrogen (secondary N) is 2. The number of para-hydroxylation sites is 1. The van der Waals surface area contributed by atoms with Gasteiger partial charge in [-0.1, -0.05) is 18.2 Å². The fraction of sp³-hybridized carbons (Fsp3) is 0.0476. The molecule has 0 fully saturated rings. The van der Waals surface area contributed by atoms with Crippen LogP contribution in [0.3, 0.4) is 0 Å². The van der Waals surface area contributed by atoms with Crippen LogP contribution in [-0.4, -0.2) is 32.6 Å². The van der Waals surface area contributed by atoms with Gasteiger partial charge in [0.25, 0.3) is 21.6 Å². The van der Waals surface area contributed by atoms with Crippen LogP contribution >= 0.6 is 0 Å². The molecule has 0 radical (unpaired) electrons. The summed E-state index contributed by atoms with van der Waals surface area (Å²) < 4.78 is 32.8. The van der Waals surface area contributed by atoms with Gasteiger partial charge in [0.2, 0.25) is 0 Å². The number of carbonyl (C=O) groups is 1. The smallest absolute Gasteiger partial charge is 0.278 e. The Hall–Kier alpha value is -4.25. The third-order valence-electron chi connectivity index (χ3n) is 4.25. The van der Waals surface area contributed by atoms with E-state index >= 15 is 0 Å². The highest BCUT2D eigenvalue weighted by atomic mass is 32.2. The van der Waals surface area contributed by atoms with Crippen molar-refractivity contribution in [2.75, 3.05) is 11.8 Å². The molecule has 3 aromatic carbocycles. The molecule has 3 rings (SSSR count). The molecule has 0 heterocycles. The third-order valence-corrected chi connectivity index (χ3v) is 5.63. The molecule has 0 atom stereocenters. The predicted octanol–water partition coefficient (Wildman–Crippen LogP) is 3.17. The number of rotatable bonds is 8. The van der Waals surface area contributed by atoms with Crippen molar-refractivity contribution >= 4 is 33.5 Å². The summed E-state index contributed by atoms with van der Waals surface area (Å²) in [5.41, 5.74) is 2.65. The maximum Gasteiger partial charge on any atom is 0.278 e. The van der Waals surface area contributed by atoms with Crippen molar-refractivity contribution in [2.24, 2.45) is 5.10 Å². The molecule has 10 nitrogen and oxygen atoms in total. The lowest BCUT2D eigenvalue weighted by atomic mass is 10.2. The zero-order valence-electron chi connectivity index (χ0n) is 16.8. The van der Waals surface area contributed by atoms with Gasteiger partial charge in [-0.05, 0) is 48.5 Å². The monoisotopic (exact) mass is 454 g/mol. The molecule has 3 aromatic rings. The minimum absolute atomic E-state index is 0.0438. The van der Waals surface area contributed by atoms with Gasteiger partial charge in [0.15, 0.2) is 0 Å². The lowest BCUT2D eigenvalue weighted by Crippen LogP contribution is -2.19. The van der Waals surface area contributed by atoms with Crippen LogP contribution in [0.15, 0.2) is 82.8 Å². The summed E-state index contributed by atoms with van der Waals surface area (Å²) in [4.78, 5) is 22.7. The van der Waals surface area contributed by atoms with E-state index in [4.69, 9.17) is 4.74 Å². The molecule has 0 spiro atoms. The highest BCUT2D eigenvalue weighted by Gasteiger charge is 2.17. The van der Waals surface area contributed by atoms with Crippen molar-refractivity contribution in [3.63, 3.8) is 0 Å². The summed E-state index contributed by atoms with van der Waals surface area (Å²) in [6.07, 6.45) is 1.14. The molecule has 1 amide bonds. The lowest BCUT2D eigenvalue weighted by molar-refractivity contribution is -0.385. The van der Waals surface area contributed by atoms with Gasteiger partial charge in [0.05, 0.1) is 28.7 Å². The number of amides is 1. The van der Waals surface area contributed by atoms with Gasteiger partial charge in [-0.25, -0.2) is 13.8 Å². The SMILES string of the molecule is COc1ccc(NS(=O)(=O)c2cccc(C(=O)NN=Cc3ccccc3[N+](=O)[O-])c2)cc1. The molecule has 164 valence electrons. The Morgan fingerprint density at radius 2 is 1.78 bits per heavy atom. The first kappa shape index (κ1) is 22.4. The molecule has 0 saturated heterocycles. The topological polar surface area (TPSA) is 140 Å². The number of hydrogen-bond acceptors (Lipinski definition) is 7. The molecule has 32 heavy (non-hydrogen) atoms. The molecule has 11 heteroatoms. The molecule has 0 aliphatic carbocycles. The largest absolute Gasteiger partial charge is 0.497 e.